The van der Waals surface area contributed by atoms with Crippen LogP contribution in [0.4, 0.5) is 10.3 Å². The number of nitrogens with zero attached hydrogens (tertiary/aromatic N) is 2. The molecule has 1 aromatic heterocycles. The van der Waals surface area contributed by atoms with Gasteiger partial charge in [0.1, 0.15) is 5.82 Å². The molecule has 0 unspecified atom stereocenters. The molecule has 0 saturated carbocycles. The van der Waals surface area contributed by atoms with E-state index in [-0.39, 0.29) is 5.02 Å². The summed E-state index contributed by atoms with van der Waals surface area (Å²) in [5.41, 5.74) is 9.02. The normalized spacial score (nSPS) is 11.2. The Hall–Kier alpha value is -1.59. The van der Waals surface area contributed by atoms with Gasteiger partial charge in [-0.3, -0.25) is 4.57 Å². The fourth-order valence-corrected chi connectivity index (χ4v) is 2.96. The number of nitrogens with two attached hydrogens (primary N) is 1. The topological polar surface area (TPSA) is 43.8 Å². The summed E-state index contributed by atoms with van der Waals surface area (Å²) in [6, 6.07) is 8.70. The molecule has 2 aromatic carbocycles. The van der Waals surface area contributed by atoms with Gasteiger partial charge in [-0.2, -0.15) is 0 Å². The van der Waals surface area contributed by atoms with Crippen LogP contribution in [-0.4, -0.2) is 9.55 Å². The minimum absolute atomic E-state index is 0.0466. The van der Waals surface area contributed by atoms with Gasteiger partial charge in [0.2, 0.25) is 5.95 Å². The third kappa shape index (κ3) is 2.17. The van der Waals surface area contributed by atoms with Crippen molar-refractivity contribution in [1.82, 2.24) is 9.55 Å². The number of aryl methyl sites for hydroxylation is 1. The fraction of sp³-hybridized carbons (Fsp3) is 0.0714. The number of aromatic nitrogens is 2. The van der Waals surface area contributed by atoms with Gasteiger partial charge in [-0.05, 0) is 36.8 Å². The SMILES string of the molecule is Cc1cc(Br)cc(-n2c(N)nc3cc(F)c(Cl)cc32)c1. The number of rotatable bonds is 1. The Labute approximate surface area is 128 Å². The number of fused-ring (bicyclic) bond motifs is 1. The number of hydrogen-bond acceptors (Lipinski definition) is 2. The van der Waals surface area contributed by atoms with E-state index in [1.54, 1.807) is 4.57 Å². The smallest absolute Gasteiger partial charge is 0.205 e. The van der Waals surface area contributed by atoms with Gasteiger partial charge in [0.25, 0.3) is 0 Å². The second-order valence-corrected chi connectivity index (χ2v) is 5.87. The van der Waals surface area contributed by atoms with Crippen molar-refractivity contribution in [2.75, 3.05) is 5.73 Å². The molecule has 3 rings (SSSR count). The van der Waals surface area contributed by atoms with Gasteiger partial charge in [0, 0.05) is 10.5 Å². The molecule has 1 heterocycles. The molecule has 0 atom stereocenters. The summed E-state index contributed by atoms with van der Waals surface area (Å²) in [4.78, 5) is 4.18. The summed E-state index contributed by atoms with van der Waals surface area (Å²) in [7, 11) is 0. The molecule has 0 spiro atoms. The number of halogens is 3. The monoisotopic (exact) mass is 353 g/mol. The second-order valence-electron chi connectivity index (χ2n) is 4.55. The Morgan fingerprint density at radius 2 is 2.00 bits per heavy atom. The highest BCUT2D eigenvalue weighted by molar-refractivity contribution is 9.10. The maximum absolute atomic E-state index is 13.5. The van der Waals surface area contributed by atoms with Crippen LogP contribution in [0, 0.1) is 12.7 Å². The standard InChI is InChI=1S/C14H10BrClFN3/c1-7-2-8(15)4-9(3-7)20-13-5-10(16)11(17)6-12(13)19-14(20)18/h2-6H,1H3,(H2,18,19). The number of benzene rings is 2. The number of imidazole rings is 1. The highest BCUT2D eigenvalue weighted by Crippen LogP contribution is 2.29. The molecular weight excluding hydrogens is 345 g/mol. The van der Waals surface area contributed by atoms with Crippen molar-refractivity contribution in [3.8, 4) is 5.69 Å². The van der Waals surface area contributed by atoms with E-state index in [9.17, 15) is 4.39 Å². The maximum Gasteiger partial charge on any atom is 0.205 e. The third-order valence-electron chi connectivity index (χ3n) is 3.01. The average molecular weight is 355 g/mol. The van der Waals surface area contributed by atoms with E-state index < -0.39 is 5.82 Å². The highest BCUT2D eigenvalue weighted by Gasteiger charge is 2.13. The van der Waals surface area contributed by atoms with Crippen molar-refractivity contribution < 1.29 is 4.39 Å². The summed E-state index contributed by atoms with van der Waals surface area (Å²) in [5, 5.41) is 0.0466. The van der Waals surface area contributed by atoms with E-state index in [2.05, 4.69) is 20.9 Å². The molecule has 102 valence electrons. The zero-order valence-electron chi connectivity index (χ0n) is 10.5. The van der Waals surface area contributed by atoms with Gasteiger partial charge in [0.15, 0.2) is 0 Å². The number of anilines is 1. The molecular formula is C14H10BrClFN3. The lowest BCUT2D eigenvalue weighted by molar-refractivity contribution is 0.630. The van der Waals surface area contributed by atoms with Crippen LogP contribution in [0.2, 0.25) is 5.02 Å². The maximum atomic E-state index is 13.5. The van der Waals surface area contributed by atoms with Crippen LogP contribution in [0.1, 0.15) is 5.56 Å². The minimum Gasteiger partial charge on any atom is -0.369 e. The molecule has 0 amide bonds. The van der Waals surface area contributed by atoms with E-state index in [0.29, 0.717) is 17.0 Å². The lowest BCUT2D eigenvalue weighted by Crippen LogP contribution is -2.01. The lowest BCUT2D eigenvalue weighted by atomic mass is 10.2. The van der Waals surface area contributed by atoms with E-state index >= 15 is 0 Å². The van der Waals surface area contributed by atoms with Gasteiger partial charge in [0.05, 0.1) is 21.7 Å². The van der Waals surface area contributed by atoms with Crippen molar-refractivity contribution in [1.29, 1.82) is 0 Å². The van der Waals surface area contributed by atoms with E-state index in [4.69, 9.17) is 17.3 Å². The van der Waals surface area contributed by atoms with Crippen LogP contribution in [-0.2, 0) is 0 Å². The third-order valence-corrected chi connectivity index (χ3v) is 3.76. The number of hydrogen-bond donors (Lipinski definition) is 1. The molecule has 20 heavy (non-hydrogen) atoms. The number of nitrogen functional groups attached to an aromatic ring is 1. The van der Waals surface area contributed by atoms with Crippen LogP contribution in [0.15, 0.2) is 34.8 Å². The van der Waals surface area contributed by atoms with Crippen LogP contribution < -0.4 is 5.73 Å². The Morgan fingerprint density at radius 1 is 1.25 bits per heavy atom. The van der Waals surface area contributed by atoms with Crippen molar-refractivity contribution in [2.24, 2.45) is 0 Å². The predicted molar refractivity (Wildman–Crippen MR) is 82.9 cm³/mol. The first-order chi connectivity index (χ1) is 9.45. The highest BCUT2D eigenvalue weighted by atomic mass is 79.9. The van der Waals surface area contributed by atoms with Crippen LogP contribution in [0.3, 0.4) is 0 Å². The van der Waals surface area contributed by atoms with Gasteiger partial charge < -0.3 is 5.73 Å². The molecule has 0 aliphatic rings. The van der Waals surface area contributed by atoms with Gasteiger partial charge in [-0.15, -0.1) is 0 Å². The van der Waals surface area contributed by atoms with E-state index in [1.165, 1.54) is 12.1 Å². The van der Waals surface area contributed by atoms with Crippen LogP contribution in [0.5, 0.6) is 0 Å². The van der Waals surface area contributed by atoms with Gasteiger partial charge in [-0.25, -0.2) is 9.37 Å². The zero-order chi connectivity index (χ0) is 14.4. The van der Waals surface area contributed by atoms with Crippen molar-refractivity contribution in [3.63, 3.8) is 0 Å². The largest absolute Gasteiger partial charge is 0.369 e. The first-order valence-electron chi connectivity index (χ1n) is 5.86. The van der Waals surface area contributed by atoms with Crippen molar-refractivity contribution in [2.45, 2.75) is 6.92 Å². The first kappa shape index (κ1) is 13.4. The lowest BCUT2D eigenvalue weighted by Gasteiger charge is -2.08. The van der Waals surface area contributed by atoms with E-state index in [1.807, 2.05) is 25.1 Å². The average Bonchev–Trinajstić information content (AvgIpc) is 2.64. The molecule has 3 aromatic rings. The molecule has 0 bridgehead atoms. The molecule has 3 nitrogen and oxygen atoms in total. The molecule has 0 fully saturated rings. The summed E-state index contributed by atoms with van der Waals surface area (Å²) in [6.45, 7) is 1.98. The second kappa shape index (κ2) is 4.75. The molecule has 0 saturated heterocycles. The molecule has 6 heteroatoms. The minimum atomic E-state index is -0.505. The Kier molecular flexibility index (Phi) is 3.18. The Morgan fingerprint density at radius 3 is 2.70 bits per heavy atom. The Balaban J connectivity index is 2.35. The fourth-order valence-electron chi connectivity index (χ4n) is 2.21. The summed E-state index contributed by atoms with van der Waals surface area (Å²) >= 11 is 9.31. The van der Waals surface area contributed by atoms with Gasteiger partial charge in [-0.1, -0.05) is 27.5 Å². The van der Waals surface area contributed by atoms with Crippen molar-refractivity contribution in [3.05, 3.63) is 51.2 Å². The van der Waals surface area contributed by atoms with Crippen LogP contribution in [0.25, 0.3) is 16.7 Å². The molecule has 0 aliphatic carbocycles. The van der Waals surface area contributed by atoms with Crippen molar-refractivity contribution >= 4 is 44.5 Å². The summed E-state index contributed by atoms with van der Waals surface area (Å²) in [6.07, 6.45) is 0. The molecule has 0 radical (unpaired) electrons. The first-order valence-corrected chi connectivity index (χ1v) is 7.03. The van der Waals surface area contributed by atoms with Gasteiger partial charge >= 0.3 is 0 Å². The summed E-state index contributed by atoms with van der Waals surface area (Å²) in [5.74, 6) is -0.214. The summed E-state index contributed by atoms with van der Waals surface area (Å²) < 4.78 is 16.2. The molecule has 0 aliphatic heterocycles. The predicted octanol–water partition coefficient (Wildman–Crippen LogP) is 4.47. The molecule has 2 N–H and O–H groups in total. The Bertz CT molecular complexity index is 809. The quantitative estimate of drug-likeness (QED) is 0.700. The van der Waals surface area contributed by atoms with Crippen LogP contribution >= 0.6 is 27.5 Å². The van der Waals surface area contributed by atoms with E-state index in [0.717, 1.165) is 15.7 Å². The zero-order valence-corrected chi connectivity index (χ0v) is 12.8.